The number of fused-ring (bicyclic) bond motifs is 3. The van der Waals surface area contributed by atoms with Crippen molar-refractivity contribution in [3.8, 4) is 11.1 Å². The molecule has 3 rings (SSSR count). The quantitative estimate of drug-likeness (QED) is 0.407. The van der Waals surface area contributed by atoms with Crippen molar-refractivity contribution in [2.24, 2.45) is 5.92 Å². The molecule has 2 amide bonds. The standard InChI is InChI=1S/C25H30N2O7/c1-16(11-12-23(28)27-34-22(15-32-2)24(29)30)13-26-25(31)33-14-21-19-9-5-3-7-17(19)18-8-4-6-10-20(18)21/h3-10,16,21-22H,11-15H2,1-2H3,(H,26,31)(H,27,28)(H,29,30). The second kappa shape index (κ2) is 12.2. The van der Waals surface area contributed by atoms with Crippen molar-refractivity contribution < 1.29 is 33.8 Å². The molecule has 2 aromatic rings. The van der Waals surface area contributed by atoms with Gasteiger partial charge in [-0.25, -0.2) is 15.1 Å². The van der Waals surface area contributed by atoms with Crippen LogP contribution < -0.4 is 10.8 Å². The van der Waals surface area contributed by atoms with E-state index in [0.717, 1.165) is 11.1 Å². The molecule has 0 aliphatic heterocycles. The summed E-state index contributed by atoms with van der Waals surface area (Å²) in [7, 11) is 1.34. The molecule has 1 aliphatic rings. The number of hydroxylamine groups is 1. The fourth-order valence-electron chi connectivity index (χ4n) is 3.88. The molecule has 1 aliphatic carbocycles. The molecule has 0 spiro atoms. The number of carboxylic acid groups (broad SMARTS) is 1. The number of amides is 2. The Hall–Kier alpha value is -3.43. The highest BCUT2D eigenvalue weighted by Gasteiger charge is 2.29. The Morgan fingerprint density at radius 1 is 1.03 bits per heavy atom. The molecule has 2 aromatic carbocycles. The number of hydrogen-bond donors (Lipinski definition) is 3. The highest BCUT2D eigenvalue weighted by atomic mass is 16.7. The highest BCUT2D eigenvalue weighted by Crippen LogP contribution is 2.44. The molecular formula is C25H30N2O7. The molecule has 0 saturated carbocycles. The van der Waals surface area contributed by atoms with Gasteiger partial charge in [-0.1, -0.05) is 55.5 Å². The molecule has 9 nitrogen and oxygen atoms in total. The molecule has 2 unspecified atom stereocenters. The van der Waals surface area contributed by atoms with E-state index in [4.69, 9.17) is 19.4 Å². The van der Waals surface area contributed by atoms with Crippen LogP contribution in [-0.4, -0.2) is 56.0 Å². The van der Waals surface area contributed by atoms with Crippen LogP contribution in [0.2, 0.25) is 0 Å². The second-order valence-electron chi connectivity index (χ2n) is 8.28. The number of benzene rings is 2. The molecule has 3 N–H and O–H groups in total. The van der Waals surface area contributed by atoms with Crippen molar-refractivity contribution in [2.45, 2.75) is 31.8 Å². The van der Waals surface area contributed by atoms with E-state index in [-0.39, 0.29) is 31.5 Å². The van der Waals surface area contributed by atoms with Crippen LogP contribution >= 0.6 is 0 Å². The number of carboxylic acids is 1. The Kier molecular flexibility index (Phi) is 9.00. The molecule has 34 heavy (non-hydrogen) atoms. The first-order chi connectivity index (χ1) is 16.4. The number of nitrogens with one attached hydrogen (secondary N) is 2. The molecule has 0 bridgehead atoms. The van der Waals surface area contributed by atoms with Gasteiger partial charge >= 0.3 is 12.1 Å². The fraction of sp³-hybridized carbons (Fsp3) is 0.400. The smallest absolute Gasteiger partial charge is 0.407 e. The number of aliphatic carboxylic acids is 1. The highest BCUT2D eigenvalue weighted by molar-refractivity contribution is 5.79. The number of ether oxygens (including phenoxy) is 2. The third kappa shape index (κ3) is 6.55. The van der Waals surface area contributed by atoms with Crippen LogP contribution in [0.1, 0.15) is 36.8 Å². The van der Waals surface area contributed by atoms with E-state index in [1.54, 1.807) is 0 Å². The van der Waals surface area contributed by atoms with Gasteiger partial charge in [0.2, 0.25) is 12.0 Å². The molecule has 182 valence electrons. The van der Waals surface area contributed by atoms with Crippen molar-refractivity contribution in [3.63, 3.8) is 0 Å². The average Bonchev–Trinajstić information content (AvgIpc) is 3.16. The molecular weight excluding hydrogens is 440 g/mol. The van der Waals surface area contributed by atoms with E-state index in [0.29, 0.717) is 13.0 Å². The average molecular weight is 471 g/mol. The van der Waals surface area contributed by atoms with Gasteiger partial charge in [-0.15, -0.1) is 0 Å². The lowest BCUT2D eigenvalue weighted by atomic mass is 9.98. The maximum atomic E-state index is 12.3. The molecule has 0 radical (unpaired) electrons. The van der Waals surface area contributed by atoms with Crippen LogP contribution in [0, 0.1) is 5.92 Å². The topological polar surface area (TPSA) is 123 Å². The van der Waals surface area contributed by atoms with Gasteiger partial charge in [0.1, 0.15) is 6.61 Å². The van der Waals surface area contributed by atoms with Gasteiger partial charge < -0.3 is 19.9 Å². The van der Waals surface area contributed by atoms with Crippen molar-refractivity contribution >= 4 is 18.0 Å². The number of hydrogen-bond acceptors (Lipinski definition) is 6. The molecule has 2 atom stereocenters. The molecule has 0 fully saturated rings. The van der Waals surface area contributed by atoms with Crippen molar-refractivity contribution in [3.05, 3.63) is 59.7 Å². The van der Waals surface area contributed by atoms with E-state index < -0.39 is 24.1 Å². The minimum Gasteiger partial charge on any atom is -0.479 e. The van der Waals surface area contributed by atoms with Crippen molar-refractivity contribution in [1.82, 2.24) is 10.8 Å². The molecule has 9 heteroatoms. The summed E-state index contributed by atoms with van der Waals surface area (Å²) in [5.41, 5.74) is 6.75. The summed E-state index contributed by atoms with van der Waals surface area (Å²) >= 11 is 0. The van der Waals surface area contributed by atoms with Crippen molar-refractivity contribution in [2.75, 3.05) is 26.9 Å². The van der Waals surface area contributed by atoms with Gasteiger partial charge in [0.05, 0.1) is 6.61 Å². The first-order valence-corrected chi connectivity index (χ1v) is 11.2. The predicted molar refractivity (Wildman–Crippen MR) is 124 cm³/mol. The third-order valence-electron chi connectivity index (χ3n) is 5.71. The SMILES string of the molecule is COCC(ONC(=O)CCC(C)CNC(=O)OCC1c2ccccc2-c2ccccc21)C(=O)O. The molecule has 0 heterocycles. The van der Waals surface area contributed by atoms with Gasteiger partial charge in [-0.3, -0.25) is 9.63 Å². The Bertz CT molecular complexity index is 965. The summed E-state index contributed by atoms with van der Waals surface area (Å²) in [5.74, 6) is -1.69. The zero-order valence-corrected chi connectivity index (χ0v) is 19.3. The monoisotopic (exact) mass is 470 g/mol. The maximum Gasteiger partial charge on any atom is 0.407 e. The maximum absolute atomic E-state index is 12.3. The normalized spacial score (nSPS) is 13.9. The van der Waals surface area contributed by atoms with Gasteiger partial charge in [0.15, 0.2) is 0 Å². The lowest BCUT2D eigenvalue weighted by Gasteiger charge is -2.16. The zero-order valence-electron chi connectivity index (χ0n) is 19.3. The zero-order chi connectivity index (χ0) is 24.5. The Balaban J connectivity index is 1.38. The number of carbonyl (C=O) groups is 3. The number of rotatable bonds is 12. The van der Waals surface area contributed by atoms with Gasteiger partial charge in [-0.2, -0.15) is 0 Å². The Morgan fingerprint density at radius 2 is 1.65 bits per heavy atom. The number of alkyl carbamates (subject to hydrolysis) is 1. The van der Waals surface area contributed by atoms with Crippen LogP contribution in [0.5, 0.6) is 0 Å². The third-order valence-corrected chi connectivity index (χ3v) is 5.71. The predicted octanol–water partition coefficient (Wildman–Crippen LogP) is 3.09. The summed E-state index contributed by atoms with van der Waals surface area (Å²) in [6.07, 6.45) is -1.19. The lowest BCUT2D eigenvalue weighted by molar-refractivity contribution is -0.165. The van der Waals surface area contributed by atoms with Crippen LogP contribution in [0.3, 0.4) is 0 Å². The van der Waals surface area contributed by atoms with Crippen LogP contribution in [0.25, 0.3) is 11.1 Å². The first kappa shape index (κ1) is 25.2. The van der Waals surface area contributed by atoms with Gasteiger partial charge in [-0.05, 0) is 34.6 Å². The van der Waals surface area contributed by atoms with E-state index in [1.165, 1.54) is 18.2 Å². The number of carbonyl (C=O) groups excluding carboxylic acids is 2. The summed E-state index contributed by atoms with van der Waals surface area (Å²) in [6, 6.07) is 16.3. The summed E-state index contributed by atoms with van der Waals surface area (Å²) < 4.78 is 10.2. The Labute approximate surface area is 198 Å². The van der Waals surface area contributed by atoms with Crippen LogP contribution in [0.15, 0.2) is 48.5 Å². The number of methoxy groups -OCH3 is 1. The van der Waals surface area contributed by atoms with E-state index in [9.17, 15) is 14.4 Å². The largest absolute Gasteiger partial charge is 0.479 e. The Morgan fingerprint density at radius 3 is 2.24 bits per heavy atom. The van der Waals surface area contributed by atoms with Crippen molar-refractivity contribution in [1.29, 1.82) is 0 Å². The fourth-order valence-corrected chi connectivity index (χ4v) is 3.88. The minimum atomic E-state index is -1.28. The minimum absolute atomic E-state index is 0.000443. The summed E-state index contributed by atoms with van der Waals surface area (Å²) in [4.78, 5) is 40.0. The van der Waals surface area contributed by atoms with Gasteiger partial charge in [0, 0.05) is 26.0 Å². The summed E-state index contributed by atoms with van der Waals surface area (Å²) in [5, 5.41) is 11.7. The lowest BCUT2D eigenvalue weighted by Crippen LogP contribution is -2.37. The molecule has 0 aromatic heterocycles. The summed E-state index contributed by atoms with van der Waals surface area (Å²) in [6.45, 7) is 2.28. The van der Waals surface area contributed by atoms with E-state index in [2.05, 4.69) is 35.1 Å². The second-order valence-corrected chi connectivity index (χ2v) is 8.28. The molecule has 0 saturated heterocycles. The van der Waals surface area contributed by atoms with E-state index in [1.807, 2.05) is 31.2 Å². The first-order valence-electron chi connectivity index (χ1n) is 11.2. The van der Waals surface area contributed by atoms with Crippen LogP contribution in [-0.2, 0) is 23.9 Å². The van der Waals surface area contributed by atoms with Gasteiger partial charge in [0.25, 0.3) is 0 Å². The van der Waals surface area contributed by atoms with E-state index >= 15 is 0 Å². The van der Waals surface area contributed by atoms with Crippen LogP contribution in [0.4, 0.5) is 4.79 Å².